The van der Waals surface area contributed by atoms with Gasteiger partial charge in [-0.2, -0.15) is 0 Å². The molecule has 6 heteroatoms. The van der Waals surface area contributed by atoms with Gasteiger partial charge in [-0.25, -0.2) is 4.79 Å². The van der Waals surface area contributed by atoms with Crippen LogP contribution in [0, 0.1) is 0 Å². The summed E-state index contributed by atoms with van der Waals surface area (Å²) >= 11 is 0. The van der Waals surface area contributed by atoms with Gasteiger partial charge < -0.3 is 25.0 Å². The highest BCUT2D eigenvalue weighted by atomic mass is 16.6. The third-order valence-corrected chi connectivity index (χ3v) is 3.58. The van der Waals surface area contributed by atoms with Crippen molar-refractivity contribution in [2.24, 2.45) is 0 Å². The Morgan fingerprint density at radius 3 is 2.73 bits per heavy atom. The fourth-order valence-electron chi connectivity index (χ4n) is 2.64. The number of piperidine rings is 1. The number of hydrogen-bond acceptors (Lipinski definition) is 5. The molecule has 0 aromatic heterocycles. The number of hydrogen-bond donors (Lipinski definition) is 2. The molecule has 130 valence electrons. The molecule has 1 aliphatic rings. The number of carbonyl (C=O) groups is 1. The molecule has 0 bridgehead atoms. The first-order valence-electron chi connectivity index (χ1n) is 8.25. The van der Waals surface area contributed by atoms with E-state index in [1.165, 1.54) is 12.8 Å². The second kappa shape index (κ2) is 8.70. The Bertz CT molecular complexity index is 342. The minimum atomic E-state index is -0.562. The molecule has 1 saturated heterocycles. The van der Waals surface area contributed by atoms with Crippen molar-refractivity contribution in [2.75, 3.05) is 39.8 Å². The number of amides is 1. The van der Waals surface area contributed by atoms with Crippen molar-refractivity contribution in [1.82, 2.24) is 15.1 Å². The molecule has 0 spiro atoms. The highest BCUT2D eigenvalue weighted by Gasteiger charge is 2.23. The Morgan fingerprint density at radius 1 is 1.50 bits per heavy atom. The first-order chi connectivity index (χ1) is 10.2. The predicted molar refractivity (Wildman–Crippen MR) is 88.0 cm³/mol. The van der Waals surface area contributed by atoms with Crippen LogP contribution >= 0.6 is 0 Å². The van der Waals surface area contributed by atoms with Crippen molar-refractivity contribution in [3.8, 4) is 0 Å². The van der Waals surface area contributed by atoms with Crippen LogP contribution in [0.1, 0.15) is 40.5 Å². The lowest BCUT2D eigenvalue weighted by Gasteiger charge is -2.32. The summed E-state index contributed by atoms with van der Waals surface area (Å²) in [5, 5.41) is 13.1. The van der Waals surface area contributed by atoms with Gasteiger partial charge in [0.1, 0.15) is 5.60 Å². The molecular formula is C16H33N3O3. The molecule has 0 aromatic rings. The lowest BCUT2D eigenvalue weighted by molar-refractivity contribution is 0.0161. The third kappa shape index (κ3) is 7.96. The predicted octanol–water partition coefficient (Wildman–Crippen LogP) is 1.29. The van der Waals surface area contributed by atoms with Crippen molar-refractivity contribution >= 4 is 6.09 Å². The van der Waals surface area contributed by atoms with E-state index in [0.717, 1.165) is 13.1 Å². The van der Waals surface area contributed by atoms with Crippen LogP contribution in [0.2, 0.25) is 0 Å². The van der Waals surface area contributed by atoms with Gasteiger partial charge in [-0.15, -0.1) is 0 Å². The van der Waals surface area contributed by atoms with Crippen molar-refractivity contribution in [3.05, 3.63) is 0 Å². The van der Waals surface area contributed by atoms with Crippen LogP contribution in [0.4, 0.5) is 4.79 Å². The van der Waals surface area contributed by atoms with Gasteiger partial charge in [-0.1, -0.05) is 0 Å². The zero-order valence-corrected chi connectivity index (χ0v) is 14.8. The second-order valence-electron chi connectivity index (χ2n) is 7.33. The first-order valence-corrected chi connectivity index (χ1v) is 8.25. The highest BCUT2D eigenvalue weighted by Crippen LogP contribution is 2.11. The van der Waals surface area contributed by atoms with E-state index in [9.17, 15) is 9.90 Å². The van der Waals surface area contributed by atoms with E-state index < -0.39 is 11.7 Å². The fourth-order valence-corrected chi connectivity index (χ4v) is 2.64. The molecule has 0 aliphatic carbocycles. The van der Waals surface area contributed by atoms with Gasteiger partial charge in [0.15, 0.2) is 0 Å². The van der Waals surface area contributed by atoms with Crippen LogP contribution in [-0.2, 0) is 4.74 Å². The summed E-state index contributed by atoms with van der Waals surface area (Å²) in [6, 6.07) is 0.478. The van der Waals surface area contributed by atoms with Crippen molar-refractivity contribution < 1.29 is 14.6 Å². The van der Waals surface area contributed by atoms with Gasteiger partial charge in [0.25, 0.3) is 0 Å². The third-order valence-electron chi connectivity index (χ3n) is 3.58. The summed E-state index contributed by atoms with van der Waals surface area (Å²) < 4.78 is 5.40. The molecule has 1 fully saturated rings. The van der Waals surface area contributed by atoms with E-state index in [-0.39, 0.29) is 6.09 Å². The lowest BCUT2D eigenvalue weighted by Crippen LogP contribution is -2.48. The molecule has 1 aliphatic heterocycles. The molecule has 0 radical (unpaired) electrons. The maximum Gasteiger partial charge on any atom is 0.410 e. The second-order valence-corrected chi connectivity index (χ2v) is 7.33. The molecule has 1 rings (SSSR count). The largest absolute Gasteiger partial charge is 0.444 e. The number of nitrogens with zero attached hydrogens (tertiary/aromatic N) is 2. The number of aliphatic hydroxyl groups excluding tert-OH is 1. The van der Waals surface area contributed by atoms with E-state index in [4.69, 9.17) is 4.74 Å². The number of aliphatic hydroxyl groups is 1. The molecule has 2 atom stereocenters. The number of ether oxygens (including phenoxy) is 1. The van der Waals surface area contributed by atoms with Crippen molar-refractivity contribution in [2.45, 2.75) is 58.3 Å². The van der Waals surface area contributed by atoms with E-state index in [1.54, 1.807) is 11.8 Å². The topological polar surface area (TPSA) is 65.0 Å². The zero-order valence-electron chi connectivity index (χ0n) is 14.8. The molecule has 22 heavy (non-hydrogen) atoms. The smallest absolute Gasteiger partial charge is 0.410 e. The number of rotatable bonds is 6. The maximum absolute atomic E-state index is 12.2. The number of likely N-dealkylation sites (N-methyl/N-ethyl adjacent to an activating group) is 1. The van der Waals surface area contributed by atoms with Crippen molar-refractivity contribution in [1.29, 1.82) is 0 Å². The fraction of sp³-hybridized carbons (Fsp3) is 0.938. The van der Waals surface area contributed by atoms with Gasteiger partial charge in [0.05, 0.1) is 6.10 Å². The SMILES string of the molecule is CC(O)CN(CCNC1CCCN(C)C1)C(=O)OC(C)(C)C. The lowest BCUT2D eigenvalue weighted by atomic mass is 10.1. The first kappa shape index (κ1) is 19.2. The van der Waals surface area contributed by atoms with Crippen LogP contribution in [0.15, 0.2) is 0 Å². The summed E-state index contributed by atoms with van der Waals surface area (Å²) in [7, 11) is 2.13. The summed E-state index contributed by atoms with van der Waals surface area (Å²) in [5.74, 6) is 0. The summed E-state index contributed by atoms with van der Waals surface area (Å²) in [6.07, 6.45) is 1.45. The van der Waals surface area contributed by atoms with Crippen LogP contribution in [-0.4, -0.2) is 78.5 Å². The molecule has 0 aromatic carbocycles. The van der Waals surface area contributed by atoms with Gasteiger partial charge in [-0.05, 0) is 54.1 Å². The van der Waals surface area contributed by atoms with Gasteiger partial charge in [-0.3, -0.25) is 0 Å². The van der Waals surface area contributed by atoms with E-state index in [0.29, 0.717) is 25.7 Å². The van der Waals surface area contributed by atoms with Gasteiger partial charge >= 0.3 is 6.09 Å². The Labute approximate surface area is 134 Å². The minimum Gasteiger partial charge on any atom is -0.444 e. The zero-order chi connectivity index (χ0) is 16.8. The highest BCUT2D eigenvalue weighted by molar-refractivity contribution is 5.68. The molecule has 1 amide bonds. The van der Waals surface area contributed by atoms with Gasteiger partial charge in [0.2, 0.25) is 0 Å². The van der Waals surface area contributed by atoms with Crippen LogP contribution in [0.5, 0.6) is 0 Å². The maximum atomic E-state index is 12.2. The number of carbonyl (C=O) groups excluding carboxylic acids is 1. The van der Waals surface area contributed by atoms with Crippen LogP contribution in [0.25, 0.3) is 0 Å². The van der Waals surface area contributed by atoms with E-state index in [1.807, 2.05) is 20.8 Å². The molecular weight excluding hydrogens is 282 g/mol. The molecule has 0 saturated carbocycles. The van der Waals surface area contributed by atoms with Crippen molar-refractivity contribution in [3.63, 3.8) is 0 Å². The van der Waals surface area contributed by atoms with E-state index in [2.05, 4.69) is 17.3 Å². The molecule has 2 unspecified atom stereocenters. The number of likely N-dealkylation sites (tertiary alicyclic amines) is 1. The quantitative estimate of drug-likeness (QED) is 0.773. The monoisotopic (exact) mass is 315 g/mol. The average molecular weight is 315 g/mol. The van der Waals surface area contributed by atoms with E-state index >= 15 is 0 Å². The summed E-state index contributed by atoms with van der Waals surface area (Å²) in [5.41, 5.74) is -0.520. The molecule has 6 nitrogen and oxygen atoms in total. The number of nitrogens with one attached hydrogen (secondary N) is 1. The Morgan fingerprint density at radius 2 is 2.18 bits per heavy atom. The Hall–Kier alpha value is -0.850. The van der Waals surface area contributed by atoms with Crippen LogP contribution < -0.4 is 5.32 Å². The Kier molecular flexibility index (Phi) is 7.59. The van der Waals surface area contributed by atoms with Crippen LogP contribution in [0.3, 0.4) is 0 Å². The standard InChI is InChI=1S/C16H33N3O3/c1-13(20)11-19(15(21)22-16(2,3)4)10-8-17-14-7-6-9-18(5)12-14/h13-14,17,20H,6-12H2,1-5H3. The normalized spacial score (nSPS) is 21.5. The summed E-state index contributed by atoms with van der Waals surface area (Å²) in [4.78, 5) is 16.1. The average Bonchev–Trinajstić information content (AvgIpc) is 2.35. The van der Waals surface area contributed by atoms with Gasteiger partial charge in [0, 0.05) is 32.2 Å². The molecule has 2 N–H and O–H groups in total. The molecule has 1 heterocycles. The minimum absolute atomic E-state index is 0.293. The Balaban J connectivity index is 2.42. The summed E-state index contributed by atoms with van der Waals surface area (Å²) in [6.45, 7) is 11.0.